The zero-order chi connectivity index (χ0) is 7.40. The van der Waals surface area contributed by atoms with Crippen LogP contribution < -0.4 is 5.46 Å². The second kappa shape index (κ2) is 3.27. The first-order valence-electron chi connectivity index (χ1n) is 3.02. The van der Waals surface area contributed by atoms with Gasteiger partial charge in [0.1, 0.15) is 0 Å². The van der Waals surface area contributed by atoms with Crippen molar-refractivity contribution in [3.63, 3.8) is 0 Å². The molecule has 0 radical (unpaired) electrons. The standard InChI is InChI=1S/C7H7BO2/c9-5-6-1-3-7(8-10)4-2-6/h1-4,9H,5H2. The van der Waals surface area contributed by atoms with E-state index in [4.69, 9.17) is 5.11 Å². The molecule has 0 unspecified atom stereocenters. The van der Waals surface area contributed by atoms with Crippen LogP contribution in [0.1, 0.15) is 5.56 Å². The average Bonchev–Trinajstić information content (AvgIpc) is 2.05. The Morgan fingerprint density at radius 2 is 1.90 bits per heavy atom. The fourth-order valence-electron chi connectivity index (χ4n) is 0.702. The molecule has 0 bridgehead atoms. The van der Waals surface area contributed by atoms with Gasteiger partial charge in [0, 0.05) is 0 Å². The molecule has 3 heteroatoms. The molecule has 0 amide bonds. The van der Waals surface area contributed by atoms with Crippen LogP contribution >= 0.6 is 0 Å². The van der Waals surface area contributed by atoms with Gasteiger partial charge in [0.15, 0.2) is 0 Å². The van der Waals surface area contributed by atoms with E-state index in [0.29, 0.717) is 5.46 Å². The molecule has 0 aliphatic heterocycles. The molecule has 0 spiro atoms. The van der Waals surface area contributed by atoms with Gasteiger partial charge in [-0.2, -0.15) is 0 Å². The van der Waals surface area contributed by atoms with Crippen LogP contribution in [0.4, 0.5) is 0 Å². The molecule has 0 saturated heterocycles. The molecular weight excluding hydrogens is 127 g/mol. The molecule has 1 N–H and O–H groups in total. The van der Waals surface area contributed by atoms with E-state index in [9.17, 15) is 4.70 Å². The molecule has 1 aromatic rings. The summed E-state index contributed by atoms with van der Waals surface area (Å²) in [6.45, 7) is 0.0269. The molecule has 0 fully saturated rings. The summed E-state index contributed by atoms with van der Waals surface area (Å²) in [5.41, 5.74) is 1.46. The van der Waals surface area contributed by atoms with E-state index < -0.39 is 0 Å². The average molecular weight is 134 g/mol. The molecule has 1 rings (SSSR count). The Kier molecular flexibility index (Phi) is 2.34. The summed E-state index contributed by atoms with van der Waals surface area (Å²) in [6.07, 6.45) is 0. The monoisotopic (exact) mass is 134 g/mol. The van der Waals surface area contributed by atoms with E-state index in [1.54, 1.807) is 24.3 Å². The van der Waals surface area contributed by atoms with Crippen molar-refractivity contribution in [3.8, 4) is 0 Å². The summed E-state index contributed by atoms with van der Waals surface area (Å²) >= 11 is 0. The summed E-state index contributed by atoms with van der Waals surface area (Å²) < 4.78 is 10.1. The van der Waals surface area contributed by atoms with Crippen LogP contribution in [-0.2, 0) is 11.3 Å². The van der Waals surface area contributed by atoms with Gasteiger partial charge in [0.05, 0.1) is 0 Å². The van der Waals surface area contributed by atoms with E-state index >= 15 is 0 Å². The van der Waals surface area contributed by atoms with Crippen molar-refractivity contribution in [2.24, 2.45) is 0 Å². The third kappa shape index (κ3) is 1.51. The van der Waals surface area contributed by atoms with Gasteiger partial charge in [-0.15, -0.1) is 0 Å². The second-order valence-corrected chi connectivity index (χ2v) is 2.02. The number of aliphatic hydroxyl groups is 1. The Balaban J connectivity index is 2.90. The summed E-state index contributed by atoms with van der Waals surface area (Å²) in [5, 5.41) is 8.61. The van der Waals surface area contributed by atoms with Crippen LogP contribution in [0.2, 0.25) is 0 Å². The molecule has 0 aromatic heterocycles. The second-order valence-electron chi connectivity index (χ2n) is 2.02. The summed E-state index contributed by atoms with van der Waals surface area (Å²) in [5.74, 6) is 0. The van der Waals surface area contributed by atoms with E-state index in [1.807, 2.05) is 0 Å². The van der Waals surface area contributed by atoms with Crippen LogP contribution in [0.3, 0.4) is 0 Å². The van der Waals surface area contributed by atoms with Crippen molar-refractivity contribution in [1.29, 1.82) is 0 Å². The molecule has 2 nitrogen and oxygen atoms in total. The molecule has 0 heterocycles. The molecule has 0 atom stereocenters. The molecule has 10 heavy (non-hydrogen) atoms. The summed E-state index contributed by atoms with van der Waals surface area (Å²) in [6, 6.07) is 6.81. The minimum absolute atomic E-state index is 0.0269. The number of benzene rings is 1. The number of hydrogen-bond donors (Lipinski definition) is 1. The molecule has 1 aromatic carbocycles. The van der Waals surface area contributed by atoms with Gasteiger partial charge in [-0.25, -0.2) is 0 Å². The summed E-state index contributed by atoms with van der Waals surface area (Å²) in [4.78, 5) is 0. The third-order valence-corrected chi connectivity index (χ3v) is 1.30. The fraction of sp³-hybridized carbons (Fsp3) is 0.143. The van der Waals surface area contributed by atoms with Gasteiger partial charge in [-0.3, -0.25) is 0 Å². The Morgan fingerprint density at radius 3 is 2.30 bits per heavy atom. The minimum atomic E-state index is 0.0269. The Labute approximate surface area is 59.8 Å². The quantitative estimate of drug-likeness (QED) is 0.571. The molecule has 0 saturated carbocycles. The van der Waals surface area contributed by atoms with Gasteiger partial charge in [0.2, 0.25) is 0 Å². The van der Waals surface area contributed by atoms with Gasteiger partial charge in [-0.05, 0) is 0 Å². The summed E-state index contributed by atoms with van der Waals surface area (Å²) in [7, 11) is 0.779. The van der Waals surface area contributed by atoms with Crippen molar-refractivity contribution in [2.45, 2.75) is 6.61 Å². The SMILES string of the molecule is O=Bc1ccc(CO)cc1. The Bertz CT molecular complexity index is 218. The first kappa shape index (κ1) is 7.16. The van der Waals surface area contributed by atoms with Crippen molar-refractivity contribution >= 4 is 12.6 Å². The zero-order valence-electron chi connectivity index (χ0n) is 5.45. The molecular formula is C7H7BO2. The van der Waals surface area contributed by atoms with Crippen LogP contribution in [0, 0.1) is 0 Å². The van der Waals surface area contributed by atoms with E-state index in [1.165, 1.54) is 0 Å². The van der Waals surface area contributed by atoms with Crippen molar-refractivity contribution in [3.05, 3.63) is 29.8 Å². The first-order valence-corrected chi connectivity index (χ1v) is 3.02. The Hall–Kier alpha value is -0.955. The molecule has 0 aliphatic carbocycles. The normalized spacial score (nSPS) is 8.90. The molecule has 0 aliphatic rings. The number of aliphatic hydroxyl groups excluding tert-OH is 1. The maximum absolute atomic E-state index is 10.1. The van der Waals surface area contributed by atoms with E-state index in [2.05, 4.69) is 0 Å². The Morgan fingerprint density at radius 1 is 1.30 bits per heavy atom. The van der Waals surface area contributed by atoms with Gasteiger partial charge < -0.3 is 0 Å². The van der Waals surface area contributed by atoms with E-state index in [0.717, 1.165) is 12.7 Å². The van der Waals surface area contributed by atoms with E-state index in [-0.39, 0.29) is 6.61 Å². The third-order valence-electron chi connectivity index (χ3n) is 1.30. The number of hydrogen-bond acceptors (Lipinski definition) is 2. The number of rotatable bonds is 2. The topological polar surface area (TPSA) is 37.3 Å². The van der Waals surface area contributed by atoms with Gasteiger partial charge in [-0.1, -0.05) is 0 Å². The predicted octanol–water partition coefficient (Wildman–Crippen LogP) is -0.146. The van der Waals surface area contributed by atoms with Crippen LogP contribution in [0.15, 0.2) is 24.3 Å². The van der Waals surface area contributed by atoms with Crippen molar-refractivity contribution < 1.29 is 9.81 Å². The van der Waals surface area contributed by atoms with Gasteiger partial charge in [0.25, 0.3) is 0 Å². The predicted molar refractivity (Wildman–Crippen MR) is 38.4 cm³/mol. The van der Waals surface area contributed by atoms with Crippen LogP contribution in [0.25, 0.3) is 0 Å². The van der Waals surface area contributed by atoms with Crippen molar-refractivity contribution in [1.82, 2.24) is 0 Å². The maximum atomic E-state index is 10.1. The van der Waals surface area contributed by atoms with Crippen LogP contribution in [-0.4, -0.2) is 12.3 Å². The van der Waals surface area contributed by atoms with Crippen LogP contribution in [0.5, 0.6) is 0 Å². The molecule has 50 valence electrons. The van der Waals surface area contributed by atoms with Crippen molar-refractivity contribution in [2.75, 3.05) is 0 Å². The van der Waals surface area contributed by atoms with Gasteiger partial charge >= 0.3 is 58.9 Å². The fourth-order valence-corrected chi connectivity index (χ4v) is 0.702. The zero-order valence-corrected chi connectivity index (χ0v) is 5.45. The first-order chi connectivity index (χ1) is 4.86.